The summed E-state index contributed by atoms with van der Waals surface area (Å²) in [5.41, 5.74) is 1.84. The van der Waals surface area contributed by atoms with Crippen molar-refractivity contribution in [2.24, 2.45) is 0 Å². The van der Waals surface area contributed by atoms with Crippen LogP contribution in [0, 0.1) is 20.8 Å². The van der Waals surface area contributed by atoms with Crippen LogP contribution < -0.4 is 10.2 Å². The Balaban J connectivity index is 1.44. The highest BCUT2D eigenvalue weighted by Gasteiger charge is 2.22. The Morgan fingerprint density at radius 2 is 1.89 bits per heavy atom. The van der Waals surface area contributed by atoms with Gasteiger partial charge in [0.2, 0.25) is 0 Å². The van der Waals surface area contributed by atoms with Crippen molar-refractivity contribution >= 4 is 11.6 Å². The lowest BCUT2D eigenvalue weighted by Crippen LogP contribution is -2.39. The molecule has 0 bridgehead atoms. The SMILES string of the molecule is Cc1cc(N2CCC(Nc3ncccc3-c3nc(C)no3)CC2)nc(C)n1. The van der Waals surface area contributed by atoms with Crippen LogP contribution >= 0.6 is 0 Å². The summed E-state index contributed by atoms with van der Waals surface area (Å²) in [5, 5.41) is 7.43. The Labute approximate surface area is 158 Å². The maximum Gasteiger partial charge on any atom is 0.261 e. The number of piperidine rings is 1. The number of nitrogens with zero attached hydrogens (tertiary/aromatic N) is 6. The van der Waals surface area contributed by atoms with Gasteiger partial charge in [-0.2, -0.15) is 4.98 Å². The molecule has 140 valence electrons. The second-order valence-corrected chi connectivity index (χ2v) is 6.87. The van der Waals surface area contributed by atoms with E-state index in [1.807, 2.05) is 32.9 Å². The molecule has 0 radical (unpaired) electrons. The monoisotopic (exact) mass is 365 g/mol. The van der Waals surface area contributed by atoms with Crippen LogP contribution in [0.1, 0.15) is 30.2 Å². The molecule has 0 aliphatic carbocycles. The van der Waals surface area contributed by atoms with E-state index >= 15 is 0 Å². The Bertz CT molecular complexity index is 911. The highest BCUT2D eigenvalue weighted by molar-refractivity contribution is 5.68. The van der Waals surface area contributed by atoms with Crippen LogP contribution in [0.25, 0.3) is 11.5 Å². The third-order valence-electron chi connectivity index (χ3n) is 4.68. The molecule has 1 aliphatic heterocycles. The number of pyridine rings is 1. The fraction of sp³-hybridized carbons (Fsp3) is 0.421. The maximum atomic E-state index is 5.31. The van der Waals surface area contributed by atoms with Crippen LogP contribution in [0.4, 0.5) is 11.6 Å². The van der Waals surface area contributed by atoms with Crippen LogP contribution in [0.2, 0.25) is 0 Å². The average Bonchev–Trinajstić information content (AvgIpc) is 3.08. The summed E-state index contributed by atoms with van der Waals surface area (Å²) in [6, 6.07) is 6.21. The normalized spacial score (nSPS) is 15.1. The molecule has 0 spiro atoms. The van der Waals surface area contributed by atoms with Crippen molar-refractivity contribution in [3.05, 3.63) is 41.7 Å². The molecule has 0 amide bonds. The van der Waals surface area contributed by atoms with E-state index < -0.39 is 0 Å². The van der Waals surface area contributed by atoms with Crippen LogP contribution in [-0.4, -0.2) is 44.2 Å². The van der Waals surface area contributed by atoms with Crippen molar-refractivity contribution in [2.45, 2.75) is 39.7 Å². The summed E-state index contributed by atoms with van der Waals surface area (Å²) >= 11 is 0. The molecule has 1 N–H and O–H groups in total. The van der Waals surface area contributed by atoms with Gasteiger partial charge in [-0.15, -0.1) is 0 Å². The number of rotatable bonds is 4. The van der Waals surface area contributed by atoms with E-state index in [4.69, 9.17) is 4.52 Å². The van der Waals surface area contributed by atoms with Crippen LogP contribution in [0.5, 0.6) is 0 Å². The van der Waals surface area contributed by atoms with Crippen molar-refractivity contribution in [3.63, 3.8) is 0 Å². The highest BCUT2D eigenvalue weighted by atomic mass is 16.5. The van der Waals surface area contributed by atoms with E-state index in [-0.39, 0.29) is 0 Å². The molecule has 0 atom stereocenters. The van der Waals surface area contributed by atoms with Gasteiger partial charge in [0.15, 0.2) is 5.82 Å². The number of anilines is 2. The fourth-order valence-corrected chi connectivity index (χ4v) is 3.41. The van der Waals surface area contributed by atoms with Gasteiger partial charge in [-0.1, -0.05) is 5.16 Å². The summed E-state index contributed by atoms with van der Waals surface area (Å²) in [5.74, 6) is 3.72. The first-order valence-electron chi connectivity index (χ1n) is 9.18. The first-order valence-corrected chi connectivity index (χ1v) is 9.18. The number of nitrogens with one attached hydrogen (secondary N) is 1. The largest absolute Gasteiger partial charge is 0.367 e. The van der Waals surface area contributed by atoms with E-state index in [0.717, 1.165) is 54.6 Å². The van der Waals surface area contributed by atoms with Gasteiger partial charge in [-0.25, -0.2) is 15.0 Å². The van der Waals surface area contributed by atoms with Crippen LogP contribution in [0.15, 0.2) is 28.9 Å². The maximum absolute atomic E-state index is 5.31. The molecule has 27 heavy (non-hydrogen) atoms. The zero-order valence-corrected chi connectivity index (χ0v) is 15.8. The molecule has 1 aliphatic rings. The minimum absolute atomic E-state index is 0.336. The molecule has 0 aromatic carbocycles. The fourth-order valence-electron chi connectivity index (χ4n) is 3.41. The van der Waals surface area contributed by atoms with Gasteiger partial charge in [0, 0.05) is 37.1 Å². The van der Waals surface area contributed by atoms with Gasteiger partial charge in [0.1, 0.15) is 17.5 Å². The van der Waals surface area contributed by atoms with Crippen molar-refractivity contribution in [3.8, 4) is 11.5 Å². The minimum atomic E-state index is 0.336. The zero-order valence-electron chi connectivity index (χ0n) is 15.8. The van der Waals surface area contributed by atoms with E-state index in [1.54, 1.807) is 6.20 Å². The number of aryl methyl sites for hydroxylation is 3. The van der Waals surface area contributed by atoms with Crippen LogP contribution in [0.3, 0.4) is 0 Å². The summed E-state index contributed by atoms with van der Waals surface area (Å²) in [7, 11) is 0. The predicted molar refractivity (Wildman–Crippen MR) is 103 cm³/mol. The van der Waals surface area contributed by atoms with Gasteiger partial charge in [-0.05, 0) is 45.7 Å². The first kappa shape index (κ1) is 17.4. The van der Waals surface area contributed by atoms with Gasteiger partial charge in [-0.3, -0.25) is 0 Å². The molecule has 1 saturated heterocycles. The standard InChI is InChI=1S/C19H23N7O/c1-12-11-17(22-13(2)21-12)26-9-6-15(7-10-26)24-18-16(5-4-8-20-18)19-23-14(3)25-27-19/h4-5,8,11,15H,6-7,9-10H2,1-3H3,(H,20,24). The minimum Gasteiger partial charge on any atom is -0.367 e. The Morgan fingerprint density at radius 1 is 1.07 bits per heavy atom. The van der Waals surface area contributed by atoms with E-state index in [0.29, 0.717) is 17.8 Å². The molecular weight excluding hydrogens is 342 g/mol. The third-order valence-corrected chi connectivity index (χ3v) is 4.68. The van der Waals surface area contributed by atoms with Crippen LogP contribution in [-0.2, 0) is 0 Å². The van der Waals surface area contributed by atoms with Gasteiger partial charge in [0.05, 0.1) is 5.56 Å². The lowest BCUT2D eigenvalue weighted by atomic mass is 10.0. The van der Waals surface area contributed by atoms with Crippen molar-refractivity contribution in [2.75, 3.05) is 23.3 Å². The molecule has 4 rings (SSSR count). The summed E-state index contributed by atoms with van der Waals surface area (Å²) < 4.78 is 5.31. The molecular formula is C19H23N7O. The summed E-state index contributed by atoms with van der Waals surface area (Å²) in [4.78, 5) is 20.1. The Hall–Kier alpha value is -3.03. The van der Waals surface area contributed by atoms with Gasteiger partial charge >= 0.3 is 0 Å². The first-order chi connectivity index (χ1) is 13.1. The second-order valence-electron chi connectivity index (χ2n) is 6.87. The second kappa shape index (κ2) is 7.30. The van der Waals surface area contributed by atoms with E-state index in [9.17, 15) is 0 Å². The molecule has 1 fully saturated rings. The molecule has 3 aromatic rings. The number of hydrogen-bond acceptors (Lipinski definition) is 8. The average molecular weight is 365 g/mol. The number of aromatic nitrogens is 5. The van der Waals surface area contributed by atoms with Gasteiger partial charge in [0.25, 0.3) is 5.89 Å². The Morgan fingerprint density at radius 3 is 2.59 bits per heavy atom. The van der Waals surface area contributed by atoms with Crippen molar-refractivity contribution < 1.29 is 4.52 Å². The molecule has 3 aromatic heterocycles. The molecule has 4 heterocycles. The summed E-state index contributed by atoms with van der Waals surface area (Å²) in [6.07, 6.45) is 3.78. The lowest BCUT2D eigenvalue weighted by Gasteiger charge is -2.33. The van der Waals surface area contributed by atoms with E-state index in [2.05, 4.69) is 41.4 Å². The lowest BCUT2D eigenvalue weighted by molar-refractivity contribution is 0.425. The predicted octanol–water partition coefficient (Wildman–Crippen LogP) is 2.93. The molecule has 0 saturated carbocycles. The van der Waals surface area contributed by atoms with Crippen molar-refractivity contribution in [1.82, 2.24) is 25.1 Å². The topological polar surface area (TPSA) is 92.9 Å². The quantitative estimate of drug-likeness (QED) is 0.754. The Kier molecular flexibility index (Phi) is 4.70. The smallest absolute Gasteiger partial charge is 0.261 e. The molecule has 8 nitrogen and oxygen atoms in total. The van der Waals surface area contributed by atoms with E-state index in [1.165, 1.54) is 0 Å². The third kappa shape index (κ3) is 3.89. The zero-order chi connectivity index (χ0) is 18.8. The van der Waals surface area contributed by atoms with Gasteiger partial charge < -0.3 is 14.7 Å². The highest BCUT2D eigenvalue weighted by Crippen LogP contribution is 2.27. The number of hydrogen-bond donors (Lipinski definition) is 1. The van der Waals surface area contributed by atoms with Crippen molar-refractivity contribution in [1.29, 1.82) is 0 Å². The molecule has 8 heteroatoms. The molecule has 0 unspecified atom stereocenters. The summed E-state index contributed by atoms with van der Waals surface area (Å²) in [6.45, 7) is 7.63.